The number of nitrogens with one attached hydrogen (secondary N) is 2. The van der Waals surface area contributed by atoms with Gasteiger partial charge in [0.25, 0.3) is 0 Å². The van der Waals surface area contributed by atoms with Crippen LogP contribution >= 0.6 is 0 Å². The first kappa shape index (κ1) is 23.9. The van der Waals surface area contributed by atoms with Crippen molar-refractivity contribution >= 4 is 26.9 Å². The zero-order chi connectivity index (χ0) is 25.4. The van der Waals surface area contributed by atoms with E-state index < -0.39 is 33.3 Å². The second-order valence-electron chi connectivity index (χ2n) is 7.95. The highest BCUT2D eigenvalue weighted by Gasteiger charge is 2.28. The number of halogens is 4. The fourth-order valence-corrected chi connectivity index (χ4v) is 5.38. The van der Waals surface area contributed by atoms with Crippen LogP contribution in [-0.2, 0) is 10.0 Å². The van der Waals surface area contributed by atoms with E-state index in [2.05, 4.69) is 25.5 Å². The molecule has 0 atom stereocenters. The van der Waals surface area contributed by atoms with Crippen molar-refractivity contribution in [3.05, 3.63) is 59.7 Å². The minimum Gasteiger partial charge on any atom is -0.421 e. The zero-order valence-electron chi connectivity index (χ0n) is 18.4. The van der Waals surface area contributed by atoms with Gasteiger partial charge in [0.05, 0.1) is 11.1 Å². The molecule has 0 spiro atoms. The van der Waals surface area contributed by atoms with Gasteiger partial charge in [0, 0.05) is 31.3 Å². The Bertz CT molecular complexity index is 1560. The van der Waals surface area contributed by atoms with Crippen LogP contribution in [0.5, 0.6) is 11.8 Å². The summed E-state index contributed by atoms with van der Waals surface area (Å²) in [5, 5.41) is 9.79. The summed E-state index contributed by atoms with van der Waals surface area (Å²) in [6.07, 6.45) is 0.520. The number of nitrogens with zero attached hydrogens (tertiary/aromatic N) is 4. The standard InChI is InChI=1S/C22H18F4N6O3S/c23-12-2-4-15(25)14(10-12)19-18-20(27-6-8-32-7-1-9-36(32,33)34)28-22(29-21(18)31-30-19)35-17-5-3-13(24)11-16(17)26/h2-5,10-11H,1,6-9H2,(H2,27,28,29,30,31). The Labute approximate surface area is 202 Å². The monoisotopic (exact) mass is 522 g/mol. The highest BCUT2D eigenvalue weighted by Crippen LogP contribution is 2.34. The number of rotatable bonds is 7. The predicted molar refractivity (Wildman–Crippen MR) is 122 cm³/mol. The molecular formula is C22H18F4N6O3S. The van der Waals surface area contributed by atoms with Crippen LogP contribution in [0.2, 0.25) is 0 Å². The Balaban J connectivity index is 1.54. The smallest absolute Gasteiger partial charge is 0.326 e. The highest BCUT2D eigenvalue weighted by atomic mass is 32.2. The molecule has 36 heavy (non-hydrogen) atoms. The number of aromatic nitrogens is 4. The van der Waals surface area contributed by atoms with Gasteiger partial charge < -0.3 is 10.1 Å². The maximum Gasteiger partial charge on any atom is 0.326 e. The van der Waals surface area contributed by atoms with E-state index in [1.807, 2.05) is 0 Å². The topological polar surface area (TPSA) is 113 Å². The van der Waals surface area contributed by atoms with Crippen molar-refractivity contribution in [1.82, 2.24) is 24.5 Å². The van der Waals surface area contributed by atoms with Crippen molar-refractivity contribution in [2.45, 2.75) is 6.42 Å². The molecule has 9 nitrogen and oxygen atoms in total. The molecular weight excluding hydrogens is 504 g/mol. The van der Waals surface area contributed by atoms with Gasteiger partial charge in [-0.15, -0.1) is 0 Å². The van der Waals surface area contributed by atoms with Gasteiger partial charge in [0.2, 0.25) is 10.0 Å². The molecule has 1 aliphatic heterocycles. The molecule has 4 aromatic rings. The summed E-state index contributed by atoms with van der Waals surface area (Å²) in [6.45, 7) is 0.608. The normalized spacial score (nSPS) is 15.4. The molecule has 3 heterocycles. The maximum atomic E-state index is 14.5. The number of anilines is 1. The molecule has 0 unspecified atom stereocenters. The summed E-state index contributed by atoms with van der Waals surface area (Å²) in [5.41, 5.74) is -0.108. The van der Waals surface area contributed by atoms with Crippen LogP contribution in [-0.4, -0.2) is 58.3 Å². The molecule has 0 aliphatic carbocycles. The van der Waals surface area contributed by atoms with E-state index in [1.54, 1.807) is 0 Å². The predicted octanol–water partition coefficient (Wildman–Crippen LogP) is 3.82. The summed E-state index contributed by atoms with van der Waals surface area (Å²) in [7, 11) is -3.34. The number of ether oxygens (including phenoxy) is 1. The molecule has 2 aromatic heterocycles. The Morgan fingerprint density at radius 1 is 1.03 bits per heavy atom. The molecule has 14 heteroatoms. The quantitative estimate of drug-likeness (QED) is 0.355. The summed E-state index contributed by atoms with van der Waals surface area (Å²) in [4.78, 5) is 8.35. The highest BCUT2D eigenvalue weighted by molar-refractivity contribution is 7.89. The number of H-pyrrole nitrogens is 1. The number of hydrogen-bond acceptors (Lipinski definition) is 7. The lowest BCUT2D eigenvalue weighted by molar-refractivity contribution is 0.410. The molecule has 1 fully saturated rings. The van der Waals surface area contributed by atoms with Crippen LogP contribution in [0.4, 0.5) is 23.4 Å². The maximum absolute atomic E-state index is 14.5. The number of fused-ring (bicyclic) bond motifs is 1. The minimum absolute atomic E-state index is 0.00203. The van der Waals surface area contributed by atoms with Crippen molar-refractivity contribution in [2.75, 3.05) is 30.7 Å². The number of sulfonamides is 1. The molecule has 5 rings (SSSR count). The van der Waals surface area contributed by atoms with Gasteiger partial charge in [0.15, 0.2) is 17.2 Å². The Morgan fingerprint density at radius 2 is 1.81 bits per heavy atom. The lowest BCUT2D eigenvalue weighted by Crippen LogP contribution is -2.30. The third kappa shape index (κ3) is 4.68. The van der Waals surface area contributed by atoms with Crippen molar-refractivity contribution in [3.8, 4) is 23.0 Å². The van der Waals surface area contributed by atoms with Gasteiger partial charge in [-0.05, 0) is 36.8 Å². The van der Waals surface area contributed by atoms with Crippen LogP contribution in [0.1, 0.15) is 6.42 Å². The largest absolute Gasteiger partial charge is 0.421 e. The molecule has 0 radical (unpaired) electrons. The van der Waals surface area contributed by atoms with Gasteiger partial charge in [-0.1, -0.05) is 0 Å². The molecule has 2 N–H and O–H groups in total. The van der Waals surface area contributed by atoms with Crippen molar-refractivity contribution < 1.29 is 30.7 Å². The average Bonchev–Trinajstić information content (AvgIpc) is 3.40. The van der Waals surface area contributed by atoms with Gasteiger partial charge in [-0.25, -0.2) is 30.3 Å². The molecule has 1 aliphatic rings. The fraction of sp³-hybridized carbons (Fsp3) is 0.227. The first-order valence-corrected chi connectivity index (χ1v) is 12.4. The molecule has 1 saturated heterocycles. The Morgan fingerprint density at radius 3 is 2.56 bits per heavy atom. The lowest BCUT2D eigenvalue weighted by atomic mass is 10.1. The van der Waals surface area contributed by atoms with Crippen LogP contribution in [0.25, 0.3) is 22.3 Å². The Kier molecular flexibility index (Phi) is 6.22. The lowest BCUT2D eigenvalue weighted by Gasteiger charge is -2.15. The molecule has 0 bridgehead atoms. The van der Waals surface area contributed by atoms with E-state index in [0.29, 0.717) is 19.0 Å². The molecule has 0 saturated carbocycles. The van der Waals surface area contributed by atoms with Gasteiger partial charge in [-0.3, -0.25) is 5.10 Å². The summed E-state index contributed by atoms with van der Waals surface area (Å²) in [5.74, 6) is -3.44. The molecule has 188 valence electrons. The number of aromatic amines is 1. The van der Waals surface area contributed by atoms with Crippen LogP contribution in [0, 0.1) is 23.3 Å². The van der Waals surface area contributed by atoms with E-state index in [1.165, 1.54) is 4.31 Å². The van der Waals surface area contributed by atoms with Crippen molar-refractivity contribution in [3.63, 3.8) is 0 Å². The average molecular weight is 522 g/mol. The SMILES string of the molecule is O=S1(=O)CCCN1CCNc1nc(Oc2ccc(F)cc2F)nc2[nH]nc(-c3cc(F)ccc3F)c12. The third-order valence-electron chi connectivity index (χ3n) is 5.53. The summed E-state index contributed by atoms with van der Waals surface area (Å²) >= 11 is 0. The van der Waals surface area contributed by atoms with E-state index in [0.717, 1.165) is 30.3 Å². The van der Waals surface area contributed by atoms with E-state index in [-0.39, 0.29) is 58.7 Å². The van der Waals surface area contributed by atoms with Gasteiger partial charge in [0.1, 0.15) is 29.0 Å². The summed E-state index contributed by atoms with van der Waals surface area (Å²) in [6, 6.07) is 5.21. The number of benzene rings is 2. The van der Waals surface area contributed by atoms with Crippen LogP contribution < -0.4 is 10.1 Å². The minimum atomic E-state index is -3.34. The van der Waals surface area contributed by atoms with Crippen molar-refractivity contribution in [2.24, 2.45) is 0 Å². The van der Waals surface area contributed by atoms with E-state index in [9.17, 15) is 26.0 Å². The number of hydrogen-bond donors (Lipinski definition) is 2. The fourth-order valence-electron chi connectivity index (χ4n) is 3.86. The Hall–Kier alpha value is -3.78. The van der Waals surface area contributed by atoms with E-state index in [4.69, 9.17) is 4.74 Å². The summed E-state index contributed by atoms with van der Waals surface area (Å²) < 4.78 is 86.7. The van der Waals surface area contributed by atoms with Gasteiger partial charge in [-0.2, -0.15) is 15.1 Å². The zero-order valence-corrected chi connectivity index (χ0v) is 19.2. The van der Waals surface area contributed by atoms with Gasteiger partial charge >= 0.3 is 6.01 Å². The second kappa shape index (κ2) is 9.35. The molecule has 2 aromatic carbocycles. The van der Waals surface area contributed by atoms with Crippen LogP contribution in [0.15, 0.2) is 36.4 Å². The molecule has 0 amide bonds. The first-order valence-electron chi connectivity index (χ1n) is 10.8. The van der Waals surface area contributed by atoms with Crippen molar-refractivity contribution in [1.29, 1.82) is 0 Å². The second-order valence-corrected chi connectivity index (χ2v) is 10.0. The first-order chi connectivity index (χ1) is 17.2. The van der Waals surface area contributed by atoms with Crippen LogP contribution in [0.3, 0.4) is 0 Å². The third-order valence-corrected chi connectivity index (χ3v) is 7.49. The van der Waals surface area contributed by atoms with E-state index >= 15 is 0 Å².